The quantitative estimate of drug-likeness (QED) is 0.116. The summed E-state index contributed by atoms with van der Waals surface area (Å²) >= 11 is 0. The van der Waals surface area contributed by atoms with E-state index in [1.165, 1.54) is 96.3 Å². The minimum atomic E-state index is -0.465. The first kappa shape index (κ1) is 34.2. The highest BCUT2D eigenvalue weighted by molar-refractivity contribution is 5.67. The Morgan fingerprint density at radius 1 is 0.784 bits per heavy atom. The van der Waals surface area contributed by atoms with Crippen molar-refractivity contribution in [1.29, 1.82) is 0 Å². The molecule has 0 saturated carbocycles. The second-order valence-corrected chi connectivity index (χ2v) is 11.5. The molecule has 6 heteroatoms. The number of unbranched alkanes of at least 4 members (excludes halogenated alkanes) is 16. The normalized spacial score (nSPS) is 17.5. The Bertz CT molecular complexity index is 509. The van der Waals surface area contributed by atoms with Gasteiger partial charge in [-0.05, 0) is 52.7 Å². The highest BCUT2D eigenvalue weighted by Gasteiger charge is 2.37. The molecule has 0 aliphatic carbocycles. The first-order valence-corrected chi connectivity index (χ1v) is 15.8. The van der Waals surface area contributed by atoms with Gasteiger partial charge in [-0.25, -0.2) is 4.79 Å². The number of hydrogen-bond donors (Lipinski definition) is 1. The summed E-state index contributed by atoms with van der Waals surface area (Å²) in [6.07, 6.45) is 25.4. The van der Waals surface area contributed by atoms with Crippen molar-refractivity contribution in [3.05, 3.63) is 0 Å². The SMILES string of the molecule is CCCCCCCCCCCCCCCCCCNC(=O)OCC1(COCCCCN(C)C)CCCO1. The molecule has 0 aromatic heterocycles. The summed E-state index contributed by atoms with van der Waals surface area (Å²) in [5.74, 6) is 0. The Balaban J connectivity index is 1.90. The van der Waals surface area contributed by atoms with Gasteiger partial charge in [0.25, 0.3) is 0 Å². The van der Waals surface area contributed by atoms with E-state index in [2.05, 4.69) is 31.2 Å². The van der Waals surface area contributed by atoms with Gasteiger partial charge >= 0.3 is 6.09 Å². The van der Waals surface area contributed by atoms with Gasteiger partial charge < -0.3 is 24.4 Å². The van der Waals surface area contributed by atoms with Gasteiger partial charge in [0.1, 0.15) is 12.2 Å². The van der Waals surface area contributed by atoms with E-state index in [9.17, 15) is 4.79 Å². The number of rotatable bonds is 26. The molecule has 0 bridgehead atoms. The van der Waals surface area contributed by atoms with Crippen molar-refractivity contribution < 1.29 is 19.0 Å². The predicted molar refractivity (Wildman–Crippen MR) is 155 cm³/mol. The Hall–Kier alpha value is -0.850. The summed E-state index contributed by atoms with van der Waals surface area (Å²) in [6, 6.07) is 0. The fourth-order valence-corrected chi connectivity index (χ4v) is 5.03. The average Bonchev–Trinajstić information content (AvgIpc) is 3.35. The maximum absolute atomic E-state index is 12.1. The first-order valence-electron chi connectivity index (χ1n) is 15.8. The maximum Gasteiger partial charge on any atom is 0.407 e. The summed E-state index contributed by atoms with van der Waals surface area (Å²) in [6.45, 7) is 6.27. The Kier molecular flexibility index (Phi) is 22.4. The van der Waals surface area contributed by atoms with Gasteiger partial charge in [0.2, 0.25) is 0 Å². The molecular weight excluding hydrogens is 464 g/mol. The number of nitrogens with zero attached hydrogens (tertiary/aromatic N) is 1. The minimum absolute atomic E-state index is 0.273. The fraction of sp³-hybridized carbons (Fsp3) is 0.968. The van der Waals surface area contributed by atoms with Gasteiger partial charge in [0.05, 0.1) is 6.61 Å². The van der Waals surface area contributed by atoms with Crippen LogP contribution in [-0.2, 0) is 14.2 Å². The van der Waals surface area contributed by atoms with Gasteiger partial charge in [0.15, 0.2) is 0 Å². The lowest BCUT2D eigenvalue weighted by molar-refractivity contribution is -0.0934. The lowest BCUT2D eigenvalue weighted by Gasteiger charge is -2.27. The van der Waals surface area contributed by atoms with Crippen LogP contribution in [0.1, 0.15) is 135 Å². The summed E-state index contributed by atoms with van der Waals surface area (Å²) in [5.41, 5.74) is -0.465. The number of carbonyl (C=O) groups excluding carboxylic acids is 1. The van der Waals surface area contributed by atoms with Crippen LogP contribution in [0, 0.1) is 0 Å². The molecule has 37 heavy (non-hydrogen) atoms. The third-order valence-corrected chi connectivity index (χ3v) is 7.46. The molecule has 1 fully saturated rings. The lowest BCUT2D eigenvalue weighted by atomic mass is 10.0. The fourth-order valence-electron chi connectivity index (χ4n) is 5.03. The standard InChI is InChI=1S/C31H62N2O4/c1-4-5-6-7-8-9-10-11-12-13-14-15-16-17-18-19-24-32-30(34)36-29-31(23-22-27-37-31)28-35-26-21-20-25-33(2)3/h4-29H2,1-3H3,(H,32,34). The summed E-state index contributed by atoms with van der Waals surface area (Å²) in [7, 11) is 4.18. The third-order valence-electron chi connectivity index (χ3n) is 7.46. The second-order valence-electron chi connectivity index (χ2n) is 11.5. The molecule has 1 N–H and O–H groups in total. The largest absolute Gasteiger partial charge is 0.446 e. The third kappa shape index (κ3) is 20.7. The highest BCUT2D eigenvalue weighted by atomic mass is 16.6. The van der Waals surface area contributed by atoms with Crippen LogP contribution in [0.5, 0.6) is 0 Å². The molecule has 1 amide bonds. The van der Waals surface area contributed by atoms with E-state index in [0.29, 0.717) is 19.8 Å². The van der Waals surface area contributed by atoms with E-state index in [0.717, 1.165) is 45.3 Å². The topological polar surface area (TPSA) is 60.0 Å². The molecule has 1 rings (SSSR count). The van der Waals surface area contributed by atoms with E-state index in [1.807, 2.05) is 0 Å². The van der Waals surface area contributed by atoms with Crippen molar-refractivity contribution in [1.82, 2.24) is 10.2 Å². The molecule has 1 heterocycles. The molecule has 1 saturated heterocycles. The second kappa shape index (κ2) is 24.2. The van der Waals surface area contributed by atoms with Crippen molar-refractivity contribution in [2.45, 2.75) is 141 Å². The van der Waals surface area contributed by atoms with E-state index in [1.54, 1.807) is 0 Å². The average molecular weight is 527 g/mol. The zero-order chi connectivity index (χ0) is 26.9. The first-order chi connectivity index (χ1) is 18.1. The molecule has 0 aromatic rings. The van der Waals surface area contributed by atoms with E-state index < -0.39 is 5.60 Å². The van der Waals surface area contributed by atoms with Crippen LogP contribution in [0.15, 0.2) is 0 Å². The van der Waals surface area contributed by atoms with Crippen molar-refractivity contribution in [3.8, 4) is 0 Å². The van der Waals surface area contributed by atoms with Crippen molar-refractivity contribution in [2.75, 3.05) is 53.6 Å². The number of alkyl carbamates (subject to hydrolysis) is 1. The molecule has 0 radical (unpaired) electrons. The number of ether oxygens (including phenoxy) is 3. The molecule has 1 aliphatic heterocycles. The zero-order valence-electron chi connectivity index (χ0n) is 25.0. The molecule has 6 nitrogen and oxygen atoms in total. The maximum atomic E-state index is 12.1. The highest BCUT2D eigenvalue weighted by Crippen LogP contribution is 2.26. The van der Waals surface area contributed by atoms with E-state index in [4.69, 9.17) is 14.2 Å². The Morgan fingerprint density at radius 2 is 1.35 bits per heavy atom. The van der Waals surface area contributed by atoms with Gasteiger partial charge in [-0.2, -0.15) is 0 Å². The molecular formula is C31H62N2O4. The zero-order valence-corrected chi connectivity index (χ0v) is 25.0. The molecule has 0 aromatic carbocycles. The Labute approximate surface area is 229 Å². The van der Waals surface area contributed by atoms with Crippen molar-refractivity contribution in [2.24, 2.45) is 0 Å². The van der Waals surface area contributed by atoms with Gasteiger partial charge in [-0.15, -0.1) is 0 Å². The molecule has 1 unspecified atom stereocenters. The lowest BCUT2D eigenvalue weighted by Crippen LogP contribution is -2.41. The van der Waals surface area contributed by atoms with Crippen molar-refractivity contribution in [3.63, 3.8) is 0 Å². The minimum Gasteiger partial charge on any atom is -0.446 e. The summed E-state index contributed by atoms with van der Waals surface area (Å²) < 4.78 is 17.3. The van der Waals surface area contributed by atoms with Crippen LogP contribution in [-0.4, -0.2) is 70.2 Å². The van der Waals surface area contributed by atoms with Crippen molar-refractivity contribution >= 4 is 6.09 Å². The summed E-state index contributed by atoms with van der Waals surface area (Å²) in [5, 5.41) is 2.91. The monoisotopic (exact) mass is 526 g/mol. The van der Waals surface area contributed by atoms with Crippen LogP contribution in [0.4, 0.5) is 4.79 Å². The number of amides is 1. The van der Waals surface area contributed by atoms with Gasteiger partial charge in [0, 0.05) is 19.8 Å². The Morgan fingerprint density at radius 3 is 1.86 bits per heavy atom. The van der Waals surface area contributed by atoms with Crippen LogP contribution in [0.25, 0.3) is 0 Å². The van der Waals surface area contributed by atoms with Crippen LogP contribution >= 0.6 is 0 Å². The number of carbonyl (C=O) groups is 1. The molecule has 0 spiro atoms. The number of hydrogen-bond acceptors (Lipinski definition) is 5. The summed E-state index contributed by atoms with van der Waals surface area (Å²) in [4.78, 5) is 14.3. The molecule has 1 atom stereocenters. The smallest absolute Gasteiger partial charge is 0.407 e. The molecule has 1 aliphatic rings. The van der Waals surface area contributed by atoms with Crippen LogP contribution < -0.4 is 5.32 Å². The van der Waals surface area contributed by atoms with Crippen LogP contribution in [0.2, 0.25) is 0 Å². The van der Waals surface area contributed by atoms with E-state index >= 15 is 0 Å². The number of nitrogens with one attached hydrogen (secondary N) is 1. The molecule has 220 valence electrons. The van der Waals surface area contributed by atoms with Gasteiger partial charge in [-0.3, -0.25) is 0 Å². The van der Waals surface area contributed by atoms with Crippen LogP contribution in [0.3, 0.4) is 0 Å². The van der Waals surface area contributed by atoms with Gasteiger partial charge in [-0.1, -0.05) is 103 Å². The predicted octanol–water partition coefficient (Wildman–Crippen LogP) is 7.88. The van der Waals surface area contributed by atoms with E-state index in [-0.39, 0.29) is 12.7 Å².